The number of ketones is 1. The Hall–Kier alpha value is -1.91. The van der Waals surface area contributed by atoms with Crippen LogP contribution in [0.4, 0.5) is 0 Å². The first-order valence-corrected chi connectivity index (χ1v) is 9.76. The summed E-state index contributed by atoms with van der Waals surface area (Å²) in [6.45, 7) is 3.75. The minimum Gasteiger partial charge on any atom is -0.465 e. The van der Waals surface area contributed by atoms with Crippen molar-refractivity contribution in [1.29, 1.82) is 0 Å². The quantitative estimate of drug-likeness (QED) is 0.565. The van der Waals surface area contributed by atoms with Gasteiger partial charge in [-0.15, -0.1) is 0 Å². The second-order valence-electron chi connectivity index (χ2n) is 7.59. The number of hydrogen-bond acceptors (Lipinski definition) is 5. The minimum absolute atomic E-state index is 0.0433. The van der Waals surface area contributed by atoms with E-state index in [-0.39, 0.29) is 25.4 Å². The highest BCUT2D eigenvalue weighted by Crippen LogP contribution is 2.51. The first-order valence-electron chi connectivity index (χ1n) is 9.76. The van der Waals surface area contributed by atoms with Gasteiger partial charge in [-0.05, 0) is 69.9 Å². The summed E-state index contributed by atoms with van der Waals surface area (Å²) < 4.78 is 10.3. The number of hydrogen-bond donors (Lipinski definition) is 0. The third-order valence-corrected chi connectivity index (χ3v) is 6.07. The Balaban J connectivity index is 1.87. The summed E-state index contributed by atoms with van der Waals surface area (Å²) in [5, 5.41) is 0. The topological polar surface area (TPSA) is 69.7 Å². The number of rotatable bonds is 4. The van der Waals surface area contributed by atoms with Crippen molar-refractivity contribution < 1.29 is 23.9 Å². The molecule has 0 heterocycles. The lowest BCUT2D eigenvalue weighted by Crippen LogP contribution is -2.51. The molecule has 0 aromatic carbocycles. The minimum atomic E-state index is -1.48. The van der Waals surface area contributed by atoms with E-state index in [0.717, 1.165) is 19.3 Å². The number of Topliss-reactive ketones (excluding diaryl/α,β-unsaturated/α-hetero) is 1. The van der Waals surface area contributed by atoms with Crippen LogP contribution in [0.3, 0.4) is 0 Å². The summed E-state index contributed by atoms with van der Waals surface area (Å²) in [4.78, 5) is 38.3. The SMILES string of the molecule is CCOC(=O)C1(C(=O)OCC)CCC2(C=C3CCCCC3=CC2)C(=O)C1. The van der Waals surface area contributed by atoms with Crippen LogP contribution in [-0.2, 0) is 23.9 Å². The van der Waals surface area contributed by atoms with Crippen molar-refractivity contribution in [2.45, 2.75) is 65.2 Å². The average molecular weight is 360 g/mol. The van der Waals surface area contributed by atoms with Gasteiger partial charge in [0.15, 0.2) is 5.41 Å². The first-order chi connectivity index (χ1) is 12.5. The molecule has 0 amide bonds. The van der Waals surface area contributed by atoms with Crippen LogP contribution in [0.5, 0.6) is 0 Å². The van der Waals surface area contributed by atoms with Gasteiger partial charge in [0.2, 0.25) is 0 Å². The summed E-state index contributed by atoms with van der Waals surface area (Å²) >= 11 is 0. The number of carbonyl (C=O) groups excluding carboxylic acids is 3. The van der Waals surface area contributed by atoms with Crippen LogP contribution in [0.2, 0.25) is 0 Å². The Labute approximate surface area is 154 Å². The van der Waals surface area contributed by atoms with Crippen LogP contribution >= 0.6 is 0 Å². The fourth-order valence-electron chi connectivity index (χ4n) is 4.50. The third kappa shape index (κ3) is 3.12. The molecule has 0 aromatic rings. The number of ether oxygens (including phenoxy) is 2. The van der Waals surface area contributed by atoms with Gasteiger partial charge in [0.1, 0.15) is 5.78 Å². The van der Waals surface area contributed by atoms with E-state index in [9.17, 15) is 14.4 Å². The van der Waals surface area contributed by atoms with Crippen LogP contribution in [0.1, 0.15) is 65.2 Å². The van der Waals surface area contributed by atoms with Gasteiger partial charge in [0.25, 0.3) is 0 Å². The highest BCUT2D eigenvalue weighted by Gasteiger charge is 2.57. The highest BCUT2D eigenvalue weighted by atomic mass is 16.6. The zero-order valence-electron chi connectivity index (χ0n) is 15.8. The van der Waals surface area contributed by atoms with Crippen LogP contribution in [0, 0.1) is 10.8 Å². The number of carbonyl (C=O) groups is 3. The van der Waals surface area contributed by atoms with Crippen LogP contribution in [-0.4, -0.2) is 30.9 Å². The van der Waals surface area contributed by atoms with E-state index >= 15 is 0 Å². The van der Waals surface area contributed by atoms with Gasteiger partial charge in [-0.2, -0.15) is 0 Å². The molecule has 5 heteroatoms. The smallest absolute Gasteiger partial charge is 0.323 e. The Bertz CT molecular complexity index is 654. The zero-order valence-corrected chi connectivity index (χ0v) is 15.8. The molecule has 0 aromatic heterocycles. The molecule has 3 rings (SSSR count). The van der Waals surface area contributed by atoms with Crippen molar-refractivity contribution >= 4 is 17.7 Å². The summed E-state index contributed by atoms with van der Waals surface area (Å²) in [5.74, 6) is -1.30. The molecule has 1 atom stereocenters. The molecule has 142 valence electrons. The van der Waals surface area contributed by atoms with Crippen molar-refractivity contribution in [2.24, 2.45) is 10.8 Å². The maximum atomic E-state index is 13.2. The van der Waals surface area contributed by atoms with E-state index in [0.29, 0.717) is 19.3 Å². The molecule has 0 radical (unpaired) electrons. The van der Waals surface area contributed by atoms with E-state index in [1.54, 1.807) is 13.8 Å². The van der Waals surface area contributed by atoms with E-state index in [1.807, 2.05) is 0 Å². The third-order valence-electron chi connectivity index (χ3n) is 6.07. The van der Waals surface area contributed by atoms with Gasteiger partial charge in [-0.1, -0.05) is 12.2 Å². The van der Waals surface area contributed by atoms with Crippen molar-refractivity contribution in [3.8, 4) is 0 Å². The normalized spacial score (nSPS) is 27.2. The maximum absolute atomic E-state index is 13.2. The molecule has 3 aliphatic rings. The van der Waals surface area contributed by atoms with Crippen molar-refractivity contribution in [1.82, 2.24) is 0 Å². The summed E-state index contributed by atoms with van der Waals surface area (Å²) in [5.41, 5.74) is 0.611. The van der Waals surface area contributed by atoms with Gasteiger partial charge in [0, 0.05) is 6.42 Å². The van der Waals surface area contributed by atoms with Crippen LogP contribution < -0.4 is 0 Å². The van der Waals surface area contributed by atoms with Gasteiger partial charge in [-0.25, -0.2) is 0 Å². The molecular formula is C21H28O5. The second-order valence-corrected chi connectivity index (χ2v) is 7.59. The van der Waals surface area contributed by atoms with E-state index in [1.165, 1.54) is 17.6 Å². The van der Waals surface area contributed by atoms with Gasteiger partial charge in [-0.3, -0.25) is 14.4 Å². The summed E-state index contributed by atoms with van der Waals surface area (Å²) in [6, 6.07) is 0. The standard InChI is InChI=1S/C21H28O5/c1-3-25-18(23)21(19(24)26-4-2)12-11-20(17(22)14-21)10-9-15-7-5-6-8-16(15)13-20/h9,13H,3-8,10-12,14H2,1-2H3. The van der Waals surface area contributed by atoms with Crippen LogP contribution in [0.25, 0.3) is 0 Å². The van der Waals surface area contributed by atoms with Crippen molar-refractivity contribution in [2.75, 3.05) is 13.2 Å². The largest absolute Gasteiger partial charge is 0.465 e. The lowest BCUT2D eigenvalue weighted by molar-refractivity contribution is -0.178. The van der Waals surface area contributed by atoms with Gasteiger partial charge >= 0.3 is 11.9 Å². The fourth-order valence-corrected chi connectivity index (χ4v) is 4.50. The highest BCUT2D eigenvalue weighted by molar-refractivity contribution is 6.06. The molecule has 0 N–H and O–H groups in total. The molecule has 2 fully saturated rings. The molecule has 1 unspecified atom stereocenters. The molecule has 0 saturated heterocycles. The molecular weight excluding hydrogens is 332 g/mol. The van der Waals surface area contributed by atoms with E-state index in [4.69, 9.17) is 9.47 Å². The molecule has 1 spiro atoms. The molecule has 26 heavy (non-hydrogen) atoms. The summed E-state index contributed by atoms with van der Waals surface area (Å²) in [7, 11) is 0. The van der Waals surface area contributed by atoms with Gasteiger partial charge < -0.3 is 9.47 Å². The monoisotopic (exact) mass is 360 g/mol. The molecule has 0 bridgehead atoms. The van der Waals surface area contributed by atoms with E-state index in [2.05, 4.69) is 12.2 Å². The number of fused-ring (bicyclic) bond motifs is 1. The first kappa shape index (κ1) is 18.9. The fraction of sp³-hybridized carbons (Fsp3) is 0.667. The molecule has 5 nitrogen and oxygen atoms in total. The Morgan fingerprint density at radius 3 is 2.19 bits per heavy atom. The van der Waals surface area contributed by atoms with E-state index < -0.39 is 22.8 Å². The number of allylic oxidation sites excluding steroid dienone is 4. The summed E-state index contributed by atoms with van der Waals surface area (Å²) in [6.07, 6.45) is 10.1. The maximum Gasteiger partial charge on any atom is 0.323 e. The number of esters is 2. The lowest BCUT2D eigenvalue weighted by Gasteiger charge is -2.43. The predicted octanol–water partition coefficient (Wildman–Crippen LogP) is 3.67. The average Bonchev–Trinajstić information content (AvgIpc) is 2.64. The molecule has 3 aliphatic carbocycles. The second kappa shape index (κ2) is 7.37. The Kier molecular flexibility index (Phi) is 5.35. The van der Waals surface area contributed by atoms with Crippen molar-refractivity contribution in [3.05, 3.63) is 23.3 Å². The molecule has 2 saturated carbocycles. The van der Waals surface area contributed by atoms with Gasteiger partial charge in [0.05, 0.1) is 18.6 Å². The predicted molar refractivity (Wildman–Crippen MR) is 96.2 cm³/mol. The van der Waals surface area contributed by atoms with Crippen LogP contribution in [0.15, 0.2) is 23.3 Å². The Morgan fingerprint density at radius 2 is 1.62 bits per heavy atom. The lowest BCUT2D eigenvalue weighted by atomic mass is 9.59. The van der Waals surface area contributed by atoms with Crippen molar-refractivity contribution in [3.63, 3.8) is 0 Å². The Morgan fingerprint density at radius 1 is 1.00 bits per heavy atom. The zero-order chi connectivity index (χ0) is 18.8. The molecule has 0 aliphatic heterocycles.